The van der Waals surface area contributed by atoms with E-state index in [1.807, 2.05) is 31.6 Å². The standard InChI is InChI=1S/C30H24N4/c1-21-19-22(15-18-32-21)27-14-13-25-26-20-31-17-16-28(26)34(29(25)33-27)30(2,23-9-5-3-6-10-23)24-11-7-4-8-12-24/h3-20H,1-2H3. The van der Waals surface area contributed by atoms with E-state index in [4.69, 9.17) is 4.98 Å². The Hall–Kier alpha value is -4.31. The Morgan fingerprint density at radius 1 is 0.735 bits per heavy atom. The normalized spacial score (nSPS) is 11.8. The maximum atomic E-state index is 5.25. The van der Waals surface area contributed by atoms with Gasteiger partial charge in [0.15, 0.2) is 0 Å². The molecule has 0 aliphatic rings. The number of nitrogens with zero attached hydrogens (tertiary/aromatic N) is 4. The van der Waals surface area contributed by atoms with Gasteiger partial charge in [-0.05, 0) is 55.3 Å². The first-order chi connectivity index (χ1) is 16.7. The molecular formula is C30H24N4. The van der Waals surface area contributed by atoms with Gasteiger partial charge in [-0.3, -0.25) is 9.97 Å². The van der Waals surface area contributed by atoms with Crippen LogP contribution in [0.2, 0.25) is 0 Å². The van der Waals surface area contributed by atoms with Gasteiger partial charge < -0.3 is 4.57 Å². The molecule has 0 bridgehead atoms. The van der Waals surface area contributed by atoms with Crippen LogP contribution in [0, 0.1) is 6.92 Å². The molecule has 0 radical (unpaired) electrons. The molecule has 0 saturated carbocycles. The summed E-state index contributed by atoms with van der Waals surface area (Å²) < 4.78 is 2.38. The average molecular weight is 441 g/mol. The second kappa shape index (κ2) is 7.92. The molecule has 4 heteroatoms. The Morgan fingerprint density at radius 3 is 2.12 bits per heavy atom. The zero-order valence-corrected chi connectivity index (χ0v) is 19.2. The third-order valence-electron chi connectivity index (χ3n) is 6.73. The molecule has 0 atom stereocenters. The number of hydrogen-bond donors (Lipinski definition) is 0. The lowest BCUT2D eigenvalue weighted by Gasteiger charge is -2.34. The summed E-state index contributed by atoms with van der Waals surface area (Å²) in [5.74, 6) is 0. The lowest BCUT2D eigenvalue weighted by molar-refractivity contribution is 0.504. The summed E-state index contributed by atoms with van der Waals surface area (Å²) in [7, 11) is 0. The number of pyridine rings is 3. The van der Waals surface area contributed by atoms with Crippen LogP contribution in [0.3, 0.4) is 0 Å². The van der Waals surface area contributed by atoms with Gasteiger partial charge in [0, 0.05) is 40.6 Å². The number of fused-ring (bicyclic) bond motifs is 3. The van der Waals surface area contributed by atoms with E-state index in [0.717, 1.165) is 38.9 Å². The van der Waals surface area contributed by atoms with Gasteiger partial charge in [-0.1, -0.05) is 60.7 Å². The van der Waals surface area contributed by atoms with E-state index in [1.54, 1.807) is 0 Å². The van der Waals surface area contributed by atoms with E-state index < -0.39 is 5.54 Å². The van der Waals surface area contributed by atoms with Crippen LogP contribution < -0.4 is 0 Å². The molecule has 0 N–H and O–H groups in total. The monoisotopic (exact) mass is 440 g/mol. The molecule has 4 nitrogen and oxygen atoms in total. The predicted octanol–water partition coefficient (Wildman–Crippen LogP) is 6.77. The number of aryl methyl sites for hydroxylation is 1. The Balaban J connectivity index is 1.74. The second-order valence-electron chi connectivity index (χ2n) is 8.79. The summed E-state index contributed by atoms with van der Waals surface area (Å²) in [4.78, 5) is 14.1. The van der Waals surface area contributed by atoms with Gasteiger partial charge in [-0.2, -0.15) is 0 Å². The number of benzene rings is 2. The first kappa shape index (κ1) is 20.3. The first-order valence-electron chi connectivity index (χ1n) is 11.5. The minimum atomic E-state index is -0.482. The van der Waals surface area contributed by atoms with Crippen molar-refractivity contribution in [3.63, 3.8) is 0 Å². The van der Waals surface area contributed by atoms with Crippen molar-refractivity contribution in [2.45, 2.75) is 19.4 Å². The molecule has 4 heterocycles. The third-order valence-corrected chi connectivity index (χ3v) is 6.73. The average Bonchev–Trinajstić information content (AvgIpc) is 3.23. The lowest BCUT2D eigenvalue weighted by Crippen LogP contribution is -2.33. The highest BCUT2D eigenvalue weighted by Gasteiger charge is 2.34. The SMILES string of the molecule is Cc1cc(-c2ccc3c4cnccc4n(C(C)(c4ccccc4)c4ccccc4)c3n2)ccn1. The van der Waals surface area contributed by atoms with Crippen LogP contribution >= 0.6 is 0 Å². The van der Waals surface area contributed by atoms with E-state index >= 15 is 0 Å². The topological polar surface area (TPSA) is 43.6 Å². The lowest BCUT2D eigenvalue weighted by atomic mass is 9.84. The quantitative estimate of drug-likeness (QED) is 0.304. The van der Waals surface area contributed by atoms with Crippen molar-refractivity contribution in [3.8, 4) is 11.3 Å². The van der Waals surface area contributed by atoms with Crippen LogP contribution in [0.1, 0.15) is 23.7 Å². The molecule has 0 amide bonds. The van der Waals surface area contributed by atoms with Crippen molar-refractivity contribution >= 4 is 21.9 Å². The van der Waals surface area contributed by atoms with Crippen molar-refractivity contribution < 1.29 is 0 Å². The van der Waals surface area contributed by atoms with E-state index in [1.165, 1.54) is 11.1 Å². The minimum Gasteiger partial charge on any atom is -0.311 e. The molecular weight excluding hydrogens is 416 g/mol. The molecule has 0 aliphatic heterocycles. The Bertz CT molecular complexity index is 1580. The fraction of sp³-hybridized carbons (Fsp3) is 0.100. The maximum absolute atomic E-state index is 5.25. The highest BCUT2D eigenvalue weighted by Crippen LogP contribution is 2.41. The summed E-state index contributed by atoms with van der Waals surface area (Å²) in [6.07, 6.45) is 5.65. The van der Waals surface area contributed by atoms with Crippen LogP contribution in [-0.2, 0) is 5.54 Å². The van der Waals surface area contributed by atoms with Crippen LogP contribution in [0.15, 0.2) is 110 Å². The molecule has 164 valence electrons. The summed E-state index contributed by atoms with van der Waals surface area (Å²) in [5, 5.41) is 2.19. The highest BCUT2D eigenvalue weighted by molar-refractivity contribution is 6.07. The molecule has 0 saturated heterocycles. The van der Waals surface area contributed by atoms with Crippen molar-refractivity contribution in [2.24, 2.45) is 0 Å². The van der Waals surface area contributed by atoms with Gasteiger partial charge in [0.1, 0.15) is 5.65 Å². The molecule has 34 heavy (non-hydrogen) atoms. The fourth-order valence-electron chi connectivity index (χ4n) is 5.00. The highest BCUT2D eigenvalue weighted by atomic mass is 15.1. The van der Waals surface area contributed by atoms with E-state index in [2.05, 4.69) is 106 Å². The first-order valence-corrected chi connectivity index (χ1v) is 11.5. The number of rotatable bonds is 4. The van der Waals surface area contributed by atoms with Gasteiger partial charge in [0.25, 0.3) is 0 Å². The fourth-order valence-corrected chi connectivity index (χ4v) is 5.00. The Kier molecular flexibility index (Phi) is 4.73. The van der Waals surface area contributed by atoms with E-state index in [9.17, 15) is 0 Å². The van der Waals surface area contributed by atoms with Gasteiger partial charge in [0.05, 0.1) is 16.7 Å². The van der Waals surface area contributed by atoms with Crippen molar-refractivity contribution in [3.05, 3.63) is 126 Å². The van der Waals surface area contributed by atoms with Crippen molar-refractivity contribution in [2.75, 3.05) is 0 Å². The summed E-state index contributed by atoms with van der Waals surface area (Å²) in [5.41, 5.74) is 6.92. The van der Waals surface area contributed by atoms with Crippen LogP contribution in [0.25, 0.3) is 33.2 Å². The summed E-state index contributed by atoms with van der Waals surface area (Å²) >= 11 is 0. The third kappa shape index (κ3) is 3.11. The largest absolute Gasteiger partial charge is 0.311 e. The maximum Gasteiger partial charge on any atom is 0.142 e. The molecule has 6 aromatic rings. The van der Waals surface area contributed by atoms with Crippen molar-refractivity contribution in [1.82, 2.24) is 19.5 Å². The number of aromatic nitrogens is 4. The molecule has 4 aromatic heterocycles. The molecule has 6 rings (SSSR count). The molecule has 2 aromatic carbocycles. The molecule has 0 unspecified atom stereocenters. The van der Waals surface area contributed by atoms with Crippen LogP contribution in [-0.4, -0.2) is 19.5 Å². The predicted molar refractivity (Wildman–Crippen MR) is 138 cm³/mol. The van der Waals surface area contributed by atoms with Gasteiger partial charge in [-0.25, -0.2) is 4.98 Å². The minimum absolute atomic E-state index is 0.482. The van der Waals surface area contributed by atoms with Gasteiger partial charge >= 0.3 is 0 Å². The molecule has 0 fully saturated rings. The van der Waals surface area contributed by atoms with E-state index in [-0.39, 0.29) is 0 Å². The Labute approximate surface area is 198 Å². The van der Waals surface area contributed by atoms with Crippen molar-refractivity contribution in [1.29, 1.82) is 0 Å². The van der Waals surface area contributed by atoms with Crippen LogP contribution in [0.5, 0.6) is 0 Å². The van der Waals surface area contributed by atoms with E-state index in [0.29, 0.717) is 0 Å². The Morgan fingerprint density at radius 2 is 1.44 bits per heavy atom. The van der Waals surface area contributed by atoms with Crippen LogP contribution in [0.4, 0.5) is 0 Å². The smallest absolute Gasteiger partial charge is 0.142 e. The number of hydrogen-bond acceptors (Lipinski definition) is 3. The zero-order chi connectivity index (χ0) is 23.1. The molecule has 0 aliphatic carbocycles. The zero-order valence-electron chi connectivity index (χ0n) is 19.2. The summed E-state index contributed by atoms with van der Waals surface area (Å²) in [6.45, 7) is 4.29. The second-order valence-corrected chi connectivity index (χ2v) is 8.79. The molecule has 0 spiro atoms. The van der Waals surface area contributed by atoms with Gasteiger partial charge in [0.2, 0.25) is 0 Å². The van der Waals surface area contributed by atoms with Gasteiger partial charge in [-0.15, -0.1) is 0 Å². The summed E-state index contributed by atoms with van der Waals surface area (Å²) in [6, 6.07) is 31.8.